The fourth-order valence-corrected chi connectivity index (χ4v) is 3.49. The third kappa shape index (κ3) is 4.21. The van der Waals surface area contributed by atoms with Gasteiger partial charge >= 0.3 is 0 Å². The molecule has 0 bridgehead atoms. The van der Waals surface area contributed by atoms with E-state index in [1.54, 1.807) is 43.1 Å². The van der Waals surface area contributed by atoms with Crippen LogP contribution in [0.2, 0.25) is 0 Å². The molecule has 0 aromatic carbocycles. The Hall–Kier alpha value is -3.42. The normalized spacial score (nSPS) is 16.5. The highest BCUT2D eigenvalue weighted by Crippen LogP contribution is 2.29. The molecule has 4 heterocycles. The van der Waals surface area contributed by atoms with Crippen molar-refractivity contribution in [1.82, 2.24) is 29.8 Å². The van der Waals surface area contributed by atoms with Crippen LogP contribution in [0.4, 0.5) is 5.82 Å². The maximum atomic E-state index is 12.9. The van der Waals surface area contributed by atoms with Crippen molar-refractivity contribution in [3.05, 3.63) is 60.4 Å². The zero-order valence-corrected chi connectivity index (χ0v) is 16.6. The maximum Gasteiger partial charge on any atom is 0.255 e. The number of amides is 1. The van der Waals surface area contributed by atoms with Crippen LogP contribution in [0.1, 0.15) is 34.8 Å². The van der Waals surface area contributed by atoms with Gasteiger partial charge in [-0.25, -0.2) is 15.0 Å². The molecule has 0 N–H and O–H groups in total. The molecule has 0 unspecified atom stereocenters. The van der Waals surface area contributed by atoms with E-state index in [0.29, 0.717) is 23.6 Å². The van der Waals surface area contributed by atoms with Gasteiger partial charge in [0.2, 0.25) is 0 Å². The van der Waals surface area contributed by atoms with Gasteiger partial charge in [0, 0.05) is 64.0 Å². The number of carbonyl (C=O) groups is 1. The molecular weight excluding hydrogens is 366 g/mol. The van der Waals surface area contributed by atoms with E-state index in [1.807, 2.05) is 30.0 Å². The highest BCUT2D eigenvalue weighted by molar-refractivity contribution is 5.94. The summed E-state index contributed by atoms with van der Waals surface area (Å²) in [6.07, 6.45) is 10.1. The van der Waals surface area contributed by atoms with E-state index in [2.05, 4.69) is 19.9 Å². The van der Waals surface area contributed by atoms with Gasteiger partial charge in [0.15, 0.2) is 5.82 Å². The molecule has 0 spiro atoms. The molecule has 1 aliphatic rings. The Bertz CT molecular complexity index is 979. The lowest BCUT2D eigenvalue weighted by atomic mass is 9.94. The number of nitrogens with zero attached hydrogens (tertiary/aromatic N) is 7. The Balaban J connectivity index is 1.63. The van der Waals surface area contributed by atoms with Crippen LogP contribution in [0.15, 0.2) is 49.2 Å². The number of anilines is 1. The lowest BCUT2D eigenvalue weighted by molar-refractivity contribution is 0.0705. The zero-order chi connectivity index (χ0) is 20.2. The molecule has 1 atom stereocenters. The quantitative estimate of drug-likeness (QED) is 0.677. The molecule has 1 saturated heterocycles. The van der Waals surface area contributed by atoms with E-state index >= 15 is 0 Å². The first-order valence-corrected chi connectivity index (χ1v) is 9.64. The first-order chi connectivity index (χ1) is 14.1. The zero-order valence-electron chi connectivity index (χ0n) is 16.6. The number of hydrogen-bond donors (Lipinski definition) is 0. The van der Waals surface area contributed by atoms with E-state index in [0.717, 1.165) is 30.9 Å². The van der Waals surface area contributed by atoms with Crippen molar-refractivity contribution in [2.45, 2.75) is 18.8 Å². The van der Waals surface area contributed by atoms with Gasteiger partial charge in [-0.1, -0.05) is 0 Å². The Morgan fingerprint density at radius 1 is 1.14 bits per heavy atom. The van der Waals surface area contributed by atoms with E-state index < -0.39 is 0 Å². The second-order valence-electron chi connectivity index (χ2n) is 7.29. The van der Waals surface area contributed by atoms with Crippen molar-refractivity contribution < 1.29 is 4.79 Å². The van der Waals surface area contributed by atoms with Crippen LogP contribution in [-0.2, 0) is 0 Å². The van der Waals surface area contributed by atoms with Crippen molar-refractivity contribution in [2.24, 2.45) is 0 Å². The van der Waals surface area contributed by atoms with E-state index in [-0.39, 0.29) is 11.8 Å². The molecule has 1 fully saturated rings. The van der Waals surface area contributed by atoms with Crippen molar-refractivity contribution >= 4 is 11.7 Å². The minimum atomic E-state index is 0.0128. The van der Waals surface area contributed by atoms with Crippen LogP contribution < -0.4 is 4.90 Å². The first-order valence-electron chi connectivity index (χ1n) is 9.64. The maximum absolute atomic E-state index is 12.9. The SMILES string of the molecule is CN(C)c1cc([C@H]2CCCN(C(=O)c3cccnc3)C2)nc(-c2cnccn2)n1. The topological polar surface area (TPSA) is 88.0 Å². The Labute approximate surface area is 169 Å². The van der Waals surface area contributed by atoms with Crippen LogP contribution in [0.3, 0.4) is 0 Å². The second-order valence-corrected chi connectivity index (χ2v) is 7.29. The fourth-order valence-electron chi connectivity index (χ4n) is 3.49. The van der Waals surface area contributed by atoms with Crippen molar-refractivity contribution in [3.8, 4) is 11.5 Å². The van der Waals surface area contributed by atoms with Crippen molar-refractivity contribution in [1.29, 1.82) is 0 Å². The largest absolute Gasteiger partial charge is 0.363 e. The molecule has 0 saturated carbocycles. The lowest BCUT2D eigenvalue weighted by Crippen LogP contribution is -2.39. The highest BCUT2D eigenvalue weighted by atomic mass is 16.2. The molecule has 8 heteroatoms. The summed E-state index contributed by atoms with van der Waals surface area (Å²) >= 11 is 0. The number of aromatic nitrogens is 5. The first kappa shape index (κ1) is 18.9. The van der Waals surface area contributed by atoms with E-state index in [9.17, 15) is 4.79 Å². The predicted octanol–water partition coefficient (Wildman–Crippen LogP) is 2.41. The summed E-state index contributed by atoms with van der Waals surface area (Å²) in [5.41, 5.74) is 2.18. The van der Waals surface area contributed by atoms with E-state index in [1.165, 1.54) is 0 Å². The minimum Gasteiger partial charge on any atom is -0.363 e. The standard InChI is InChI=1S/C21H23N7O/c1-27(2)19-11-17(25-20(26-19)18-13-23-8-9-24-18)16-6-4-10-28(14-16)21(29)15-5-3-7-22-12-15/h3,5,7-9,11-13,16H,4,6,10,14H2,1-2H3/t16-/m0/s1. The lowest BCUT2D eigenvalue weighted by Gasteiger charge is -2.33. The van der Waals surface area contributed by atoms with Crippen LogP contribution in [-0.4, -0.2) is 62.9 Å². The van der Waals surface area contributed by atoms with E-state index in [4.69, 9.17) is 4.98 Å². The molecule has 0 radical (unpaired) electrons. The molecule has 1 aliphatic heterocycles. The van der Waals surface area contributed by atoms with Gasteiger partial charge in [0.05, 0.1) is 17.5 Å². The molecule has 3 aromatic heterocycles. The van der Waals surface area contributed by atoms with Gasteiger partial charge in [-0.3, -0.25) is 14.8 Å². The summed E-state index contributed by atoms with van der Waals surface area (Å²) in [4.78, 5) is 38.7. The smallest absolute Gasteiger partial charge is 0.255 e. The van der Waals surface area contributed by atoms with Gasteiger partial charge in [-0.2, -0.15) is 0 Å². The molecule has 1 amide bonds. The summed E-state index contributed by atoms with van der Waals surface area (Å²) in [6, 6.07) is 5.60. The van der Waals surface area contributed by atoms with Crippen LogP contribution in [0.25, 0.3) is 11.5 Å². The Morgan fingerprint density at radius 3 is 2.72 bits per heavy atom. The van der Waals surface area contributed by atoms with Gasteiger partial charge in [0.25, 0.3) is 5.91 Å². The summed E-state index contributed by atoms with van der Waals surface area (Å²) in [5, 5.41) is 0. The van der Waals surface area contributed by atoms with Gasteiger partial charge in [-0.15, -0.1) is 0 Å². The molecule has 148 valence electrons. The fraction of sp³-hybridized carbons (Fsp3) is 0.333. The number of rotatable bonds is 4. The summed E-state index contributed by atoms with van der Waals surface area (Å²) in [6.45, 7) is 1.37. The van der Waals surface area contributed by atoms with Crippen LogP contribution in [0.5, 0.6) is 0 Å². The third-order valence-electron chi connectivity index (χ3n) is 5.02. The number of piperidine rings is 1. The minimum absolute atomic E-state index is 0.0128. The molecule has 4 rings (SSSR count). The van der Waals surface area contributed by atoms with Gasteiger partial charge in [0.1, 0.15) is 11.5 Å². The monoisotopic (exact) mass is 389 g/mol. The third-order valence-corrected chi connectivity index (χ3v) is 5.02. The summed E-state index contributed by atoms with van der Waals surface area (Å²) in [7, 11) is 3.90. The highest BCUT2D eigenvalue weighted by Gasteiger charge is 2.27. The van der Waals surface area contributed by atoms with Gasteiger partial charge < -0.3 is 9.80 Å². The summed E-state index contributed by atoms with van der Waals surface area (Å²) in [5.74, 6) is 1.52. The Morgan fingerprint density at radius 2 is 2.00 bits per heavy atom. The molecule has 8 nitrogen and oxygen atoms in total. The van der Waals surface area contributed by atoms with Gasteiger partial charge in [-0.05, 0) is 25.0 Å². The number of hydrogen-bond acceptors (Lipinski definition) is 7. The van der Waals surface area contributed by atoms with Crippen molar-refractivity contribution in [3.63, 3.8) is 0 Å². The Kier molecular flexibility index (Phi) is 5.41. The number of pyridine rings is 1. The summed E-state index contributed by atoms with van der Waals surface area (Å²) < 4.78 is 0. The van der Waals surface area contributed by atoms with Crippen molar-refractivity contribution in [2.75, 3.05) is 32.1 Å². The molecular formula is C21H23N7O. The second kappa shape index (κ2) is 8.30. The molecule has 29 heavy (non-hydrogen) atoms. The van der Waals surface area contributed by atoms with Crippen LogP contribution >= 0.6 is 0 Å². The average molecular weight is 389 g/mol. The average Bonchev–Trinajstić information content (AvgIpc) is 2.79. The van der Waals surface area contributed by atoms with Crippen LogP contribution in [0, 0.1) is 0 Å². The molecule has 3 aromatic rings. The molecule has 0 aliphatic carbocycles. The number of carbonyl (C=O) groups excluding carboxylic acids is 1. The number of likely N-dealkylation sites (tertiary alicyclic amines) is 1. The predicted molar refractivity (Wildman–Crippen MR) is 110 cm³/mol.